The van der Waals surface area contributed by atoms with Crippen molar-refractivity contribution in [3.63, 3.8) is 0 Å². The highest BCUT2D eigenvalue weighted by atomic mass is 35.5. The minimum absolute atomic E-state index is 0. The van der Waals surface area contributed by atoms with Crippen LogP contribution in [0, 0.1) is 0 Å². The predicted molar refractivity (Wildman–Crippen MR) is 67.9 cm³/mol. The molecule has 0 aliphatic carbocycles. The van der Waals surface area contributed by atoms with Gasteiger partial charge in [0.2, 0.25) is 0 Å². The average Bonchev–Trinajstić information content (AvgIpc) is 2.61. The highest BCUT2D eigenvalue weighted by Crippen LogP contribution is 2.15. The Bertz CT molecular complexity index is 297. The molecule has 5 nitrogen and oxygen atoms in total. The molecular formula is C9H22ClN3O2S. The highest BCUT2D eigenvalue weighted by molar-refractivity contribution is 7.86. The van der Waals surface area contributed by atoms with E-state index in [1.54, 1.807) is 7.05 Å². The van der Waals surface area contributed by atoms with Crippen LogP contribution in [0.15, 0.2) is 0 Å². The fraction of sp³-hybridized carbons (Fsp3) is 1.00. The maximum Gasteiger partial charge on any atom is 0.281 e. The van der Waals surface area contributed by atoms with E-state index in [0.717, 1.165) is 19.3 Å². The molecular weight excluding hydrogens is 250 g/mol. The molecule has 1 rings (SSSR count). The van der Waals surface area contributed by atoms with Gasteiger partial charge in [-0.25, -0.2) is 0 Å². The summed E-state index contributed by atoms with van der Waals surface area (Å²) in [6, 6.07) is -0.000602. The van der Waals surface area contributed by atoms with Crippen LogP contribution < -0.4 is 5.73 Å². The minimum atomic E-state index is -3.26. The van der Waals surface area contributed by atoms with Gasteiger partial charge in [-0.3, -0.25) is 0 Å². The first-order chi connectivity index (χ1) is 6.98. The Hall–Kier alpha value is 0.120. The Morgan fingerprint density at radius 2 is 2.12 bits per heavy atom. The molecule has 0 radical (unpaired) electrons. The normalized spacial score (nSPS) is 22.4. The van der Waals surface area contributed by atoms with Gasteiger partial charge >= 0.3 is 0 Å². The van der Waals surface area contributed by atoms with Crippen molar-refractivity contribution in [1.82, 2.24) is 8.61 Å². The van der Waals surface area contributed by atoms with Crippen LogP contribution in [0.1, 0.15) is 26.2 Å². The molecule has 1 fully saturated rings. The summed E-state index contributed by atoms with van der Waals surface area (Å²) < 4.78 is 26.9. The van der Waals surface area contributed by atoms with Gasteiger partial charge in [-0.05, 0) is 12.8 Å². The van der Waals surface area contributed by atoms with Crippen LogP contribution in [0.4, 0.5) is 0 Å². The standard InChI is InChI=1S/C9H21N3O2S.ClH/c1-3-4-6-11(2)15(13,14)12-7-5-9(10)8-12;/h9H,3-8,10H2,1-2H3;1H. The van der Waals surface area contributed by atoms with Crippen LogP contribution in [-0.4, -0.2) is 49.8 Å². The summed E-state index contributed by atoms with van der Waals surface area (Å²) in [5, 5.41) is 0. The lowest BCUT2D eigenvalue weighted by molar-refractivity contribution is 0.388. The van der Waals surface area contributed by atoms with E-state index >= 15 is 0 Å². The Balaban J connectivity index is 0.00000225. The van der Waals surface area contributed by atoms with Crippen molar-refractivity contribution < 1.29 is 8.42 Å². The molecule has 1 heterocycles. The molecule has 1 atom stereocenters. The first kappa shape index (κ1) is 16.1. The molecule has 2 N–H and O–H groups in total. The SMILES string of the molecule is CCCCN(C)S(=O)(=O)N1CCC(N)C1.Cl. The van der Waals surface area contributed by atoms with Crippen molar-refractivity contribution in [2.24, 2.45) is 5.73 Å². The molecule has 0 aromatic carbocycles. The summed E-state index contributed by atoms with van der Waals surface area (Å²) in [4.78, 5) is 0. The summed E-state index contributed by atoms with van der Waals surface area (Å²) in [6.45, 7) is 3.65. The van der Waals surface area contributed by atoms with E-state index in [2.05, 4.69) is 0 Å². The molecule has 0 amide bonds. The molecule has 1 aliphatic rings. The van der Waals surface area contributed by atoms with Crippen molar-refractivity contribution in [3.8, 4) is 0 Å². The zero-order chi connectivity index (χ0) is 11.5. The van der Waals surface area contributed by atoms with Gasteiger partial charge in [-0.1, -0.05) is 13.3 Å². The van der Waals surface area contributed by atoms with Gasteiger partial charge in [0.15, 0.2) is 0 Å². The molecule has 0 aromatic heterocycles. The van der Waals surface area contributed by atoms with Gasteiger partial charge in [0.25, 0.3) is 10.2 Å². The molecule has 1 unspecified atom stereocenters. The lowest BCUT2D eigenvalue weighted by atomic mass is 10.3. The Morgan fingerprint density at radius 3 is 2.56 bits per heavy atom. The first-order valence-corrected chi connectivity index (χ1v) is 6.85. The summed E-state index contributed by atoms with van der Waals surface area (Å²) in [5.41, 5.74) is 5.70. The van der Waals surface area contributed by atoms with E-state index in [0.29, 0.717) is 19.6 Å². The number of unbranched alkanes of at least 4 members (excludes halogenated alkanes) is 1. The summed E-state index contributed by atoms with van der Waals surface area (Å²) in [5.74, 6) is 0. The van der Waals surface area contributed by atoms with E-state index in [-0.39, 0.29) is 18.4 Å². The van der Waals surface area contributed by atoms with E-state index in [9.17, 15) is 8.42 Å². The Labute approximate surface area is 105 Å². The molecule has 0 bridgehead atoms. The van der Waals surface area contributed by atoms with Crippen molar-refractivity contribution >= 4 is 22.6 Å². The van der Waals surface area contributed by atoms with E-state index in [1.807, 2.05) is 6.92 Å². The highest BCUT2D eigenvalue weighted by Gasteiger charge is 2.32. The number of rotatable bonds is 5. The van der Waals surface area contributed by atoms with Gasteiger partial charge in [0, 0.05) is 32.7 Å². The van der Waals surface area contributed by atoms with Gasteiger partial charge in [-0.2, -0.15) is 17.0 Å². The fourth-order valence-electron chi connectivity index (χ4n) is 1.66. The number of hydrogen-bond acceptors (Lipinski definition) is 3. The maximum absolute atomic E-state index is 12.0. The summed E-state index contributed by atoms with van der Waals surface area (Å²) in [6.07, 6.45) is 2.66. The van der Waals surface area contributed by atoms with Crippen molar-refractivity contribution in [2.75, 3.05) is 26.7 Å². The van der Waals surface area contributed by atoms with Crippen LogP contribution in [0.25, 0.3) is 0 Å². The van der Waals surface area contributed by atoms with E-state index in [4.69, 9.17) is 5.73 Å². The lowest BCUT2D eigenvalue weighted by Crippen LogP contribution is -2.42. The number of nitrogens with zero attached hydrogens (tertiary/aromatic N) is 2. The second-order valence-corrected chi connectivity index (χ2v) is 6.13. The zero-order valence-corrected chi connectivity index (χ0v) is 11.6. The molecule has 0 saturated carbocycles. The molecule has 16 heavy (non-hydrogen) atoms. The van der Waals surface area contributed by atoms with Crippen molar-refractivity contribution in [3.05, 3.63) is 0 Å². The molecule has 0 spiro atoms. The third-order valence-electron chi connectivity index (χ3n) is 2.73. The quantitative estimate of drug-likeness (QED) is 0.788. The average molecular weight is 272 g/mol. The fourth-order valence-corrected chi connectivity index (χ4v) is 3.13. The molecule has 7 heteroatoms. The monoisotopic (exact) mass is 271 g/mol. The van der Waals surface area contributed by atoms with Crippen LogP contribution in [0.3, 0.4) is 0 Å². The topological polar surface area (TPSA) is 66.6 Å². The Morgan fingerprint density at radius 1 is 1.50 bits per heavy atom. The summed E-state index contributed by atoms with van der Waals surface area (Å²) >= 11 is 0. The first-order valence-electron chi connectivity index (χ1n) is 5.45. The number of halogens is 1. The third kappa shape index (κ3) is 3.85. The number of nitrogens with two attached hydrogens (primary N) is 1. The van der Waals surface area contributed by atoms with Crippen LogP contribution in [0.5, 0.6) is 0 Å². The number of hydrogen-bond donors (Lipinski definition) is 1. The molecule has 98 valence electrons. The Kier molecular flexibility index (Phi) is 6.81. The summed E-state index contributed by atoms with van der Waals surface area (Å²) in [7, 11) is -1.62. The third-order valence-corrected chi connectivity index (χ3v) is 4.69. The largest absolute Gasteiger partial charge is 0.326 e. The van der Waals surface area contributed by atoms with Crippen LogP contribution >= 0.6 is 12.4 Å². The van der Waals surface area contributed by atoms with Crippen LogP contribution in [-0.2, 0) is 10.2 Å². The van der Waals surface area contributed by atoms with Gasteiger partial charge in [0.1, 0.15) is 0 Å². The maximum atomic E-state index is 12.0. The lowest BCUT2D eigenvalue weighted by Gasteiger charge is -2.23. The van der Waals surface area contributed by atoms with Gasteiger partial charge < -0.3 is 5.73 Å². The molecule has 1 aliphatic heterocycles. The zero-order valence-electron chi connectivity index (χ0n) is 9.92. The van der Waals surface area contributed by atoms with Crippen molar-refractivity contribution in [2.45, 2.75) is 32.2 Å². The smallest absolute Gasteiger partial charge is 0.281 e. The van der Waals surface area contributed by atoms with Crippen molar-refractivity contribution in [1.29, 1.82) is 0 Å². The molecule has 1 saturated heterocycles. The van der Waals surface area contributed by atoms with Crippen LogP contribution in [0.2, 0.25) is 0 Å². The molecule has 0 aromatic rings. The minimum Gasteiger partial charge on any atom is -0.326 e. The predicted octanol–water partition coefficient (Wildman–Crippen LogP) is 0.418. The second-order valence-electron chi connectivity index (χ2n) is 4.09. The van der Waals surface area contributed by atoms with Gasteiger partial charge in [0.05, 0.1) is 0 Å². The van der Waals surface area contributed by atoms with E-state index < -0.39 is 10.2 Å². The second kappa shape index (κ2) is 6.76. The van der Waals surface area contributed by atoms with Gasteiger partial charge in [-0.15, -0.1) is 12.4 Å². The van der Waals surface area contributed by atoms with E-state index in [1.165, 1.54) is 8.61 Å².